The molecule has 0 bridgehead atoms. The number of nitrogens with zero attached hydrogens (tertiary/aromatic N) is 2. The molecule has 0 saturated carbocycles. The number of anilines is 1. The Morgan fingerprint density at radius 1 is 1.37 bits per heavy atom. The first-order valence-corrected chi connectivity index (χ1v) is 6.86. The summed E-state index contributed by atoms with van der Waals surface area (Å²) >= 11 is 0. The van der Waals surface area contributed by atoms with Crippen molar-refractivity contribution in [2.75, 3.05) is 31.5 Å². The molecule has 0 spiro atoms. The van der Waals surface area contributed by atoms with Gasteiger partial charge in [0.05, 0.1) is 18.4 Å². The number of hydrogen-bond donors (Lipinski definition) is 1. The van der Waals surface area contributed by atoms with Crippen LogP contribution in [0.5, 0.6) is 0 Å². The van der Waals surface area contributed by atoms with Crippen LogP contribution >= 0.6 is 0 Å². The van der Waals surface area contributed by atoms with Gasteiger partial charge in [-0.2, -0.15) is 0 Å². The molecule has 106 valence electrons. The topological polar surface area (TPSA) is 37.4 Å². The molecule has 2 rings (SSSR count). The monoisotopic (exact) mass is 267 g/mol. The van der Waals surface area contributed by atoms with Gasteiger partial charge in [0.1, 0.15) is 11.6 Å². The van der Waals surface area contributed by atoms with Crippen LogP contribution in [0.3, 0.4) is 0 Å². The zero-order chi connectivity index (χ0) is 13.7. The van der Waals surface area contributed by atoms with Crippen LogP contribution in [-0.4, -0.2) is 48.3 Å². The van der Waals surface area contributed by atoms with Crippen molar-refractivity contribution in [1.82, 2.24) is 9.88 Å². The van der Waals surface area contributed by atoms with E-state index in [2.05, 4.69) is 29.0 Å². The zero-order valence-corrected chi connectivity index (χ0v) is 11.6. The van der Waals surface area contributed by atoms with Crippen LogP contribution in [0.4, 0.5) is 10.2 Å². The highest BCUT2D eigenvalue weighted by Gasteiger charge is 2.21. The number of nitrogens with one attached hydrogen (secondary N) is 1. The SMILES string of the molecule is C[C@@H]1CN(CCCNc2ccc(F)cn2)C[C@@H](C)O1. The average Bonchev–Trinajstić information content (AvgIpc) is 2.36. The molecule has 0 aromatic carbocycles. The highest BCUT2D eigenvalue weighted by Crippen LogP contribution is 2.11. The van der Waals surface area contributed by atoms with Crippen molar-refractivity contribution in [3.8, 4) is 0 Å². The summed E-state index contributed by atoms with van der Waals surface area (Å²) < 4.78 is 18.4. The standard InChI is InChI=1S/C14H22FN3O/c1-11-9-18(10-12(2)19-11)7-3-6-16-14-5-4-13(15)8-17-14/h4-5,8,11-12H,3,6-7,9-10H2,1-2H3,(H,16,17)/t11-,12-/m1/s1. The normalized spacial score (nSPS) is 24.4. The van der Waals surface area contributed by atoms with E-state index >= 15 is 0 Å². The fraction of sp³-hybridized carbons (Fsp3) is 0.643. The molecule has 1 aliphatic rings. The molecule has 1 aliphatic heterocycles. The number of pyridine rings is 1. The number of hydrogen-bond acceptors (Lipinski definition) is 4. The van der Waals surface area contributed by atoms with Crippen molar-refractivity contribution in [2.24, 2.45) is 0 Å². The molecule has 0 unspecified atom stereocenters. The van der Waals surface area contributed by atoms with Crippen molar-refractivity contribution >= 4 is 5.82 Å². The smallest absolute Gasteiger partial charge is 0.141 e. The summed E-state index contributed by atoms with van der Waals surface area (Å²) in [6.45, 7) is 8.12. The molecule has 1 saturated heterocycles. The van der Waals surface area contributed by atoms with E-state index in [-0.39, 0.29) is 5.82 Å². The van der Waals surface area contributed by atoms with E-state index in [1.807, 2.05) is 0 Å². The van der Waals surface area contributed by atoms with Crippen molar-refractivity contribution in [3.05, 3.63) is 24.1 Å². The number of aromatic nitrogens is 1. The Bertz CT molecular complexity index is 375. The first-order valence-electron chi connectivity index (χ1n) is 6.86. The van der Waals surface area contributed by atoms with Gasteiger partial charge in [0, 0.05) is 26.2 Å². The summed E-state index contributed by atoms with van der Waals surface area (Å²) in [6, 6.07) is 3.08. The molecule has 1 aromatic rings. The number of ether oxygens (including phenoxy) is 1. The number of halogens is 1. The molecule has 19 heavy (non-hydrogen) atoms. The summed E-state index contributed by atoms with van der Waals surface area (Å²) in [6.07, 6.45) is 2.90. The Kier molecular flexibility index (Phi) is 5.10. The second-order valence-electron chi connectivity index (χ2n) is 5.16. The van der Waals surface area contributed by atoms with Crippen LogP contribution in [0.25, 0.3) is 0 Å². The molecule has 0 radical (unpaired) electrons. The molecule has 4 nitrogen and oxygen atoms in total. The van der Waals surface area contributed by atoms with Crippen molar-refractivity contribution in [3.63, 3.8) is 0 Å². The van der Waals surface area contributed by atoms with Gasteiger partial charge in [0.2, 0.25) is 0 Å². The Labute approximate surface area is 114 Å². The van der Waals surface area contributed by atoms with Crippen LogP contribution in [0.1, 0.15) is 20.3 Å². The van der Waals surface area contributed by atoms with Gasteiger partial charge in [-0.25, -0.2) is 9.37 Å². The van der Waals surface area contributed by atoms with Crippen LogP contribution < -0.4 is 5.32 Å². The van der Waals surface area contributed by atoms with E-state index < -0.39 is 0 Å². The molecule has 1 N–H and O–H groups in total. The molecular formula is C14H22FN3O. The van der Waals surface area contributed by atoms with E-state index in [4.69, 9.17) is 4.74 Å². The van der Waals surface area contributed by atoms with Crippen molar-refractivity contribution in [1.29, 1.82) is 0 Å². The minimum Gasteiger partial charge on any atom is -0.373 e. The van der Waals surface area contributed by atoms with E-state index in [1.165, 1.54) is 12.3 Å². The predicted molar refractivity (Wildman–Crippen MR) is 73.8 cm³/mol. The molecule has 5 heteroatoms. The molecule has 1 aromatic heterocycles. The molecule has 0 aliphatic carbocycles. The van der Waals surface area contributed by atoms with Gasteiger partial charge < -0.3 is 10.1 Å². The predicted octanol–water partition coefficient (Wildman–Crippen LogP) is 2.13. The van der Waals surface area contributed by atoms with Gasteiger partial charge in [-0.3, -0.25) is 4.90 Å². The van der Waals surface area contributed by atoms with Crippen LogP contribution in [0.2, 0.25) is 0 Å². The maximum atomic E-state index is 12.7. The maximum absolute atomic E-state index is 12.7. The average molecular weight is 267 g/mol. The zero-order valence-electron chi connectivity index (χ0n) is 11.6. The van der Waals surface area contributed by atoms with E-state index in [1.54, 1.807) is 6.07 Å². The molecule has 0 amide bonds. The summed E-state index contributed by atoms with van der Waals surface area (Å²) in [5, 5.41) is 3.20. The van der Waals surface area contributed by atoms with Gasteiger partial charge >= 0.3 is 0 Å². The summed E-state index contributed by atoms with van der Waals surface area (Å²) in [7, 11) is 0. The summed E-state index contributed by atoms with van der Waals surface area (Å²) in [5.74, 6) is 0.423. The second-order valence-corrected chi connectivity index (χ2v) is 5.16. The lowest BCUT2D eigenvalue weighted by Gasteiger charge is -2.35. The lowest BCUT2D eigenvalue weighted by atomic mass is 10.2. The highest BCUT2D eigenvalue weighted by atomic mass is 19.1. The van der Waals surface area contributed by atoms with E-state index in [0.717, 1.165) is 38.4 Å². The van der Waals surface area contributed by atoms with Gasteiger partial charge in [-0.05, 0) is 32.4 Å². The Hall–Kier alpha value is -1.20. The minimum atomic E-state index is -0.304. The van der Waals surface area contributed by atoms with Gasteiger partial charge in [0.25, 0.3) is 0 Å². The Balaban J connectivity index is 1.65. The number of rotatable bonds is 5. The lowest BCUT2D eigenvalue weighted by Crippen LogP contribution is -2.45. The first kappa shape index (κ1) is 14.2. The third kappa shape index (κ3) is 4.76. The molecule has 2 atom stereocenters. The first-order chi connectivity index (χ1) is 9.13. The maximum Gasteiger partial charge on any atom is 0.141 e. The van der Waals surface area contributed by atoms with Crippen LogP contribution in [-0.2, 0) is 4.74 Å². The van der Waals surface area contributed by atoms with Gasteiger partial charge in [-0.1, -0.05) is 0 Å². The Morgan fingerprint density at radius 2 is 2.11 bits per heavy atom. The molecular weight excluding hydrogens is 245 g/mol. The quantitative estimate of drug-likeness (QED) is 0.829. The fourth-order valence-electron chi connectivity index (χ4n) is 2.47. The van der Waals surface area contributed by atoms with Crippen molar-refractivity contribution < 1.29 is 9.13 Å². The third-order valence-electron chi connectivity index (χ3n) is 3.18. The highest BCUT2D eigenvalue weighted by molar-refractivity contribution is 5.33. The van der Waals surface area contributed by atoms with Gasteiger partial charge in [0.15, 0.2) is 0 Å². The Morgan fingerprint density at radius 3 is 2.74 bits per heavy atom. The molecule has 2 heterocycles. The third-order valence-corrected chi connectivity index (χ3v) is 3.18. The van der Waals surface area contributed by atoms with Gasteiger partial charge in [-0.15, -0.1) is 0 Å². The minimum absolute atomic E-state index is 0.304. The second kappa shape index (κ2) is 6.82. The fourth-order valence-corrected chi connectivity index (χ4v) is 2.47. The summed E-state index contributed by atoms with van der Waals surface area (Å²) in [5.41, 5.74) is 0. The van der Waals surface area contributed by atoms with E-state index in [9.17, 15) is 4.39 Å². The van der Waals surface area contributed by atoms with Crippen LogP contribution in [0.15, 0.2) is 18.3 Å². The lowest BCUT2D eigenvalue weighted by molar-refractivity contribution is -0.0678. The van der Waals surface area contributed by atoms with Crippen LogP contribution in [0, 0.1) is 5.82 Å². The summed E-state index contributed by atoms with van der Waals surface area (Å²) in [4.78, 5) is 6.40. The van der Waals surface area contributed by atoms with Crippen molar-refractivity contribution in [2.45, 2.75) is 32.5 Å². The van der Waals surface area contributed by atoms with E-state index in [0.29, 0.717) is 12.2 Å². The molecule has 1 fully saturated rings. The largest absolute Gasteiger partial charge is 0.373 e. The number of morpholine rings is 1.